The number of likely N-dealkylation sites (tertiary alicyclic amines) is 1. The lowest BCUT2D eigenvalue weighted by Crippen LogP contribution is -2.48. The third kappa shape index (κ3) is 4.22. The highest BCUT2D eigenvalue weighted by Crippen LogP contribution is 2.28. The zero-order valence-corrected chi connectivity index (χ0v) is 16.3. The molecule has 144 valence electrons. The summed E-state index contributed by atoms with van der Waals surface area (Å²) in [5, 5.41) is 8.11. The van der Waals surface area contributed by atoms with Gasteiger partial charge in [-0.3, -0.25) is 9.59 Å². The van der Waals surface area contributed by atoms with Crippen molar-refractivity contribution in [3.63, 3.8) is 0 Å². The van der Waals surface area contributed by atoms with Crippen LogP contribution in [-0.4, -0.2) is 47.7 Å². The van der Waals surface area contributed by atoms with Crippen LogP contribution in [0, 0.1) is 5.92 Å². The molecule has 8 heteroatoms. The molecule has 4 rings (SSSR count). The van der Waals surface area contributed by atoms with E-state index in [1.165, 1.54) is 0 Å². The number of amides is 2. The molecule has 2 amide bonds. The monoisotopic (exact) mass is 409 g/mol. The Kier molecular flexibility index (Phi) is 5.28. The molecule has 1 aliphatic carbocycles. The van der Waals surface area contributed by atoms with Gasteiger partial charge in [-0.25, -0.2) is 0 Å². The Labute approximate surface area is 167 Å². The van der Waals surface area contributed by atoms with Gasteiger partial charge in [0.1, 0.15) is 0 Å². The van der Waals surface area contributed by atoms with Crippen molar-refractivity contribution in [2.24, 2.45) is 11.1 Å². The molecular formula is C19H21Cl2N3O3. The van der Waals surface area contributed by atoms with Crippen LogP contribution in [0.4, 0.5) is 0 Å². The molecule has 0 bridgehead atoms. The molecule has 27 heavy (non-hydrogen) atoms. The number of rotatable bonds is 4. The number of carbonyl (C=O) groups excluding carboxylic acids is 2. The van der Waals surface area contributed by atoms with Crippen molar-refractivity contribution >= 4 is 40.7 Å². The third-order valence-corrected chi connectivity index (χ3v) is 5.76. The van der Waals surface area contributed by atoms with Gasteiger partial charge < -0.3 is 15.1 Å². The van der Waals surface area contributed by atoms with Crippen LogP contribution < -0.4 is 5.32 Å². The molecule has 1 aromatic rings. The van der Waals surface area contributed by atoms with Gasteiger partial charge in [0.2, 0.25) is 12.0 Å². The molecule has 0 aromatic heterocycles. The molecule has 1 saturated carbocycles. The van der Waals surface area contributed by atoms with Gasteiger partial charge in [0.05, 0.1) is 16.7 Å². The zero-order valence-electron chi connectivity index (χ0n) is 14.8. The van der Waals surface area contributed by atoms with Gasteiger partial charge in [0.25, 0.3) is 5.91 Å². The number of benzene rings is 1. The van der Waals surface area contributed by atoms with Crippen molar-refractivity contribution in [2.75, 3.05) is 13.1 Å². The number of nitrogens with zero attached hydrogens (tertiary/aromatic N) is 2. The molecule has 1 saturated heterocycles. The standard InChI is InChI=1S/C19H21Cl2N3O3/c20-12-3-6-14(15(21)8-12)16-9-17(27-23-16)19(26)24-7-1-2-11(10-24)18(25)22-13-4-5-13/h3,6,8,11,13,17H,1-2,4-5,7,9-10H2,(H,22,25)/t11-,17+/m0/s1. The van der Waals surface area contributed by atoms with E-state index in [4.69, 9.17) is 28.0 Å². The van der Waals surface area contributed by atoms with Crippen LogP contribution in [0.2, 0.25) is 10.0 Å². The molecule has 2 heterocycles. The molecular weight excluding hydrogens is 389 g/mol. The Morgan fingerprint density at radius 2 is 2.04 bits per heavy atom. The van der Waals surface area contributed by atoms with Crippen LogP contribution in [0.5, 0.6) is 0 Å². The number of piperidine rings is 1. The van der Waals surface area contributed by atoms with E-state index in [-0.39, 0.29) is 17.7 Å². The van der Waals surface area contributed by atoms with E-state index >= 15 is 0 Å². The van der Waals surface area contributed by atoms with E-state index in [9.17, 15) is 9.59 Å². The maximum absolute atomic E-state index is 12.9. The van der Waals surface area contributed by atoms with E-state index in [1.807, 2.05) is 0 Å². The average molecular weight is 410 g/mol. The van der Waals surface area contributed by atoms with E-state index < -0.39 is 6.10 Å². The van der Waals surface area contributed by atoms with Crippen LogP contribution in [0.1, 0.15) is 37.7 Å². The summed E-state index contributed by atoms with van der Waals surface area (Å²) in [4.78, 5) is 32.3. The molecule has 0 radical (unpaired) electrons. The smallest absolute Gasteiger partial charge is 0.266 e. The summed E-state index contributed by atoms with van der Waals surface area (Å²) in [6, 6.07) is 5.48. The first-order valence-corrected chi connectivity index (χ1v) is 10.0. The zero-order chi connectivity index (χ0) is 19.0. The Morgan fingerprint density at radius 3 is 2.78 bits per heavy atom. The van der Waals surface area contributed by atoms with Gasteiger partial charge in [0, 0.05) is 36.1 Å². The Balaban J connectivity index is 1.36. The fraction of sp³-hybridized carbons (Fsp3) is 0.526. The van der Waals surface area contributed by atoms with Crippen LogP contribution >= 0.6 is 23.2 Å². The second-order valence-electron chi connectivity index (χ2n) is 7.37. The van der Waals surface area contributed by atoms with E-state index in [1.54, 1.807) is 23.1 Å². The Bertz CT molecular complexity index is 794. The number of hydrogen-bond acceptors (Lipinski definition) is 4. The second kappa shape index (κ2) is 7.68. The van der Waals surface area contributed by atoms with Crippen molar-refractivity contribution in [2.45, 2.75) is 44.2 Å². The summed E-state index contributed by atoms with van der Waals surface area (Å²) in [7, 11) is 0. The van der Waals surface area contributed by atoms with Crippen LogP contribution in [0.3, 0.4) is 0 Å². The fourth-order valence-electron chi connectivity index (χ4n) is 3.53. The van der Waals surface area contributed by atoms with Crippen molar-refractivity contribution in [1.29, 1.82) is 0 Å². The molecule has 2 aliphatic heterocycles. The second-order valence-corrected chi connectivity index (χ2v) is 8.21. The normalized spacial score (nSPS) is 25.0. The lowest BCUT2D eigenvalue weighted by atomic mass is 9.96. The SMILES string of the molecule is O=C(NC1CC1)[C@H]1CCCN(C(=O)[C@H]2CC(c3ccc(Cl)cc3Cl)=NO2)C1. The Morgan fingerprint density at radius 1 is 1.22 bits per heavy atom. The number of hydrogen-bond donors (Lipinski definition) is 1. The maximum Gasteiger partial charge on any atom is 0.266 e. The summed E-state index contributed by atoms with van der Waals surface area (Å²) in [6.07, 6.45) is 3.44. The predicted octanol–water partition coefficient (Wildman–Crippen LogP) is 3.00. The minimum Gasteiger partial charge on any atom is -0.382 e. The summed E-state index contributed by atoms with van der Waals surface area (Å²) in [5.74, 6) is -0.203. The van der Waals surface area contributed by atoms with E-state index in [0.29, 0.717) is 41.3 Å². The summed E-state index contributed by atoms with van der Waals surface area (Å²) in [5.41, 5.74) is 1.35. The maximum atomic E-state index is 12.9. The van der Waals surface area contributed by atoms with Crippen molar-refractivity contribution < 1.29 is 14.4 Å². The largest absolute Gasteiger partial charge is 0.382 e. The lowest BCUT2D eigenvalue weighted by Gasteiger charge is -2.33. The predicted molar refractivity (Wildman–Crippen MR) is 103 cm³/mol. The number of carbonyl (C=O) groups is 2. The van der Waals surface area contributed by atoms with Crippen molar-refractivity contribution in [3.8, 4) is 0 Å². The van der Waals surface area contributed by atoms with Gasteiger partial charge in [-0.15, -0.1) is 0 Å². The third-order valence-electron chi connectivity index (χ3n) is 5.21. The first-order chi connectivity index (χ1) is 13.0. The van der Waals surface area contributed by atoms with Crippen LogP contribution in [0.25, 0.3) is 0 Å². The van der Waals surface area contributed by atoms with Crippen molar-refractivity contribution in [1.82, 2.24) is 10.2 Å². The summed E-state index contributed by atoms with van der Waals surface area (Å²) < 4.78 is 0. The molecule has 2 fully saturated rings. The topological polar surface area (TPSA) is 71.0 Å². The molecule has 3 aliphatic rings. The highest BCUT2D eigenvalue weighted by atomic mass is 35.5. The van der Waals surface area contributed by atoms with Crippen LogP contribution in [0.15, 0.2) is 23.4 Å². The highest BCUT2D eigenvalue weighted by Gasteiger charge is 2.37. The highest BCUT2D eigenvalue weighted by molar-refractivity contribution is 6.37. The average Bonchev–Trinajstić information content (AvgIpc) is 3.34. The van der Waals surface area contributed by atoms with Crippen molar-refractivity contribution in [3.05, 3.63) is 33.8 Å². The summed E-state index contributed by atoms with van der Waals surface area (Å²) >= 11 is 12.2. The fourth-order valence-corrected chi connectivity index (χ4v) is 4.05. The molecule has 1 N–H and O–H groups in total. The minimum atomic E-state index is -0.669. The van der Waals surface area contributed by atoms with Crippen LogP contribution in [-0.2, 0) is 14.4 Å². The molecule has 2 atom stereocenters. The summed E-state index contributed by atoms with van der Waals surface area (Å²) in [6.45, 7) is 1.08. The lowest BCUT2D eigenvalue weighted by molar-refractivity contribution is -0.145. The van der Waals surface area contributed by atoms with Gasteiger partial charge >= 0.3 is 0 Å². The van der Waals surface area contributed by atoms with Gasteiger partial charge in [-0.2, -0.15) is 0 Å². The Hall–Kier alpha value is -1.79. The quantitative estimate of drug-likeness (QED) is 0.830. The van der Waals surface area contributed by atoms with Gasteiger partial charge in [-0.05, 0) is 37.8 Å². The first kappa shape index (κ1) is 18.6. The number of oxime groups is 1. The van der Waals surface area contributed by atoms with E-state index in [0.717, 1.165) is 31.2 Å². The molecule has 1 aromatic carbocycles. The van der Waals surface area contributed by atoms with E-state index in [2.05, 4.69) is 10.5 Å². The number of halogens is 2. The number of nitrogens with one attached hydrogen (secondary N) is 1. The molecule has 0 unspecified atom stereocenters. The molecule has 6 nitrogen and oxygen atoms in total. The molecule has 0 spiro atoms. The first-order valence-electron chi connectivity index (χ1n) is 9.28. The minimum absolute atomic E-state index is 0.0622. The van der Waals surface area contributed by atoms with Gasteiger partial charge in [-0.1, -0.05) is 34.4 Å². The van der Waals surface area contributed by atoms with Gasteiger partial charge in [0.15, 0.2) is 0 Å².